The summed E-state index contributed by atoms with van der Waals surface area (Å²) in [6, 6.07) is 76.9. The van der Waals surface area contributed by atoms with Gasteiger partial charge in [-0.1, -0.05) is 188 Å². The van der Waals surface area contributed by atoms with E-state index in [4.69, 9.17) is 24.4 Å². The summed E-state index contributed by atoms with van der Waals surface area (Å²) in [6.07, 6.45) is 0. The summed E-state index contributed by atoms with van der Waals surface area (Å²) < 4.78 is 6.57. The van der Waals surface area contributed by atoms with E-state index in [2.05, 4.69) is 200 Å². The van der Waals surface area contributed by atoms with Gasteiger partial charge in [0.1, 0.15) is 11.2 Å². The predicted octanol–water partition coefficient (Wildman–Crippen LogP) is 16.4. The Morgan fingerprint density at radius 1 is 0.284 bits per heavy atom. The van der Waals surface area contributed by atoms with Crippen LogP contribution in [0.15, 0.2) is 223 Å². The molecular weight excluding hydrogens is 817 g/mol. The smallest absolute Gasteiger partial charge is 0.164 e. The molecule has 14 aromatic rings. The van der Waals surface area contributed by atoms with E-state index >= 15 is 0 Å². The topological polar surface area (TPSA) is 64.7 Å². The Hall–Kier alpha value is -9.06. The number of pyridine rings is 1. The highest BCUT2D eigenvalue weighted by molar-refractivity contribution is 6.25. The van der Waals surface area contributed by atoms with Crippen LogP contribution in [0.2, 0.25) is 0 Å². The second kappa shape index (κ2) is 14.7. The first-order chi connectivity index (χ1) is 33.2. The maximum atomic E-state index is 6.57. The molecule has 0 saturated carbocycles. The highest BCUT2D eigenvalue weighted by Gasteiger charge is 2.20. The zero-order valence-corrected chi connectivity index (χ0v) is 36.0. The summed E-state index contributed by atoms with van der Waals surface area (Å²) in [5.74, 6) is 1.88. The monoisotopic (exact) mass is 852 g/mol. The molecule has 0 radical (unpaired) electrons. The van der Waals surface area contributed by atoms with Gasteiger partial charge in [0.15, 0.2) is 17.5 Å². The zero-order valence-electron chi connectivity index (χ0n) is 36.0. The number of furan rings is 1. The van der Waals surface area contributed by atoms with Crippen molar-refractivity contribution in [3.8, 4) is 56.5 Å². The average molecular weight is 853 g/mol. The molecule has 0 unspecified atom stereocenters. The van der Waals surface area contributed by atoms with Gasteiger partial charge in [0.05, 0.1) is 11.2 Å². The molecule has 3 aromatic heterocycles. The highest BCUT2D eigenvalue weighted by Crippen LogP contribution is 2.42. The van der Waals surface area contributed by atoms with E-state index in [1.54, 1.807) is 0 Å². The van der Waals surface area contributed by atoms with E-state index in [-0.39, 0.29) is 0 Å². The quantitative estimate of drug-likeness (QED) is 0.161. The van der Waals surface area contributed by atoms with Crippen LogP contribution >= 0.6 is 0 Å². The number of hydrogen-bond acceptors (Lipinski definition) is 5. The molecule has 0 saturated heterocycles. The van der Waals surface area contributed by atoms with Crippen LogP contribution in [0.4, 0.5) is 0 Å². The van der Waals surface area contributed by atoms with E-state index in [1.165, 1.54) is 21.5 Å². The van der Waals surface area contributed by atoms with Gasteiger partial charge in [-0.05, 0) is 84.5 Å². The standard InChI is InChI=1S/C62H36N4O/c1-3-15-43-41(13-1)35-53(47-19-7-5-17-45(43)47)61-64-60(65-62(66-61)54-36-42-14-2-4-16-44(42)46-18-6-8-20-48(46)54)40-31-27-38(28-32-40)37-25-29-39(30-26-37)58-52-34-33-50-49-21-10-12-24-56(49)67-59(50)57(52)51-22-9-11-23-55(51)63-58/h1-36H. The first-order valence-electron chi connectivity index (χ1n) is 22.6. The predicted molar refractivity (Wildman–Crippen MR) is 277 cm³/mol. The molecule has 0 spiro atoms. The Labute approximate surface area is 384 Å². The first kappa shape index (κ1) is 37.3. The van der Waals surface area contributed by atoms with Gasteiger partial charge in [-0.3, -0.25) is 0 Å². The molecule has 14 rings (SSSR count). The molecule has 5 nitrogen and oxygen atoms in total. The minimum Gasteiger partial charge on any atom is -0.455 e. The third-order valence-corrected chi connectivity index (χ3v) is 13.5. The Balaban J connectivity index is 0.889. The molecule has 5 heteroatoms. The second-order valence-electron chi connectivity index (χ2n) is 17.3. The third-order valence-electron chi connectivity index (χ3n) is 13.5. The zero-order chi connectivity index (χ0) is 44.0. The van der Waals surface area contributed by atoms with Crippen LogP contribution in [0.5, 0.6) is 0 Å². The lowest BCUT2D eigenvalue weighted by molar-refractivity contribution is 0.673. The summed E-state index contributed by atoms with van der Waals surface area (Å²) in [6.45, 7) is 0. The molecule has 0 bridgehead atoms. The molecule has 0 fully saturated rings. The van der Waals surface area contributed by atoms with Crippen LogP contribution in [0.3, 0.4) is 0 Å². The van der Waals surface area contributed by atoms with Crippen molar-refractivity contribution in [1.29, 1.82) is 0 Å². The lowest BCUT2D eigenvalue weighted by Crippen LogP contribution is -2.01. The Morgan fingerprint density at radius 3 is 1.34 bits per heavy atom. The summed E-state index contributed by atoms with van der Waals surface area (Å²) in [4.78, 5) is 21.2. The van der Waals surface area contributed by atoms with Crippen LogP contribution in [0.25, 0.3) is 143 Å². The van der Waals surface area contributed by atoms with Gasteiger partial charge in [-0.2, -0.15) is 0 Å². The van der Waals surface area contributed by atoms with Crippen molar-refractivity contribution < 1.29 is 4.42 Å². The van der Waals surface area contributed by atoms with Crippen molar-refractivity contribution in [1.82, 2.24) is 19.9 Å². The normalized spacial score (nSPS) is 11.9. The number of nitrogens with zero attached hydrogens (tertiary/aromatic N) is 4. The highest BCUT2D eigenvalue weighted by atomic mass is 16.3. The molecule has 0 N–H and O–H groups in total. The molecule has 3 heterocycles. The second-order valence-corrected chi connectivity index (χ2v) is 17.3. The Morgan fingerprint density at radius 2 is 0.731 bits per heavy atom. The number of para-hydroxylation sites is 2. The molecule has 0 aliphatic rings. The van der Waals surface area contributed by atoms with Crippen molar-refractivity contribution >= 4 is 86.7 Å². The Kier molecular flexibility index (Phi) is 8.21. The molecule has 67 heavy (non-hydrogen) atoms. The van der Waals surface area contributed by atoms with Crippen molar-refractivity contribution in [2.24, 2.45) is 0 Å². The van der Waals surface area contributed by atoms with Gasteiger partial charge in [-0.15, -0.1) is 0 Å². The van der Waals surface area contributed by atoms with E-state index in [0.717, 1.165) is 104 Å². The van der Waals surface area contributed by atoms with E-state index in [9.17, 15) is 0 Å². The van der Waals surface area contributed by atoms with Gasteiger partial charge in [0.2, 0.25) is 0 Å². The lowest BCUT2D eigenvalue weighted by Gasteiger charge is -2.14. The van der Waals surface area contributed by atoms with Crippen LogP contribution in [-0.2, 0) is 0 Å². The van der Waals surface area contributed by atoms with Crippen molar-refractivity contribution in [3.63, 3.8) is 0 Å². The van der Waals surface area contributed by atoms with Gasteiger partial charge in [0, 0.05) is 49.2 Å². The maximum absolute atomic E-state index is 6.57. The third kappa shape index (κ3) is 5.95. The van der Waals surface area contributed by atoms with Gasteiger partial charge in [-0.25, -0.2) is 19.9 Å². The van der Waals surface area contributed by atoms with Gasteiger partial charge >= 0.3 is 0 Å². The van der Waals surface area contributed by atoms with E-state index < -0.39 is 0 Å². The van der Waals surface area contributed by atoms with Crippen LogP contribution in [0.1, 0.15) is 0 Å². The van der Waals surface area contributed by atoms with Crippen molar-refractivity contribution in [2.45, 2.75) is 0 Å². The molecule has 0 aliphatic carbocycles. The lowest BCUT2D eigenvalue weighted by atomic mass is 9.96. The van der Waals surface area contributed by atoms with Crippen molar-refractivity contribution in [2.75, 3.05) is 0 Å². The fraction of sp³-hybridized carbons (Fsp3) is 0. The van der Waals surface area contributed by atoms with Gasteiger partial charge in [0.25, 0.3) is 0 Å². The Bertz CT molecular complexity index is 4190. The summed E-state index contributed by atoms with van der Waals surface area (Å²) in [5.41, 5.74) is 9.72. The number of benzene rings is 11. The fourth-order valence-electron chi connectivity index (χ4n) is 10.3. The largest absolute Gasteiger partial charge is 0.455 e. The van der Waals surface area contributed by atoms with Gasteiger partial charge < -0.3 is 4.42 Å². The molecule has 0 atom stereocenters. The molecular formula is C62H36N4O. The number of rotatable bonds is 5. The molecule has 0 aliphatic heterocycles. The van der Waals surface area contributed by atoms with E-state index in [1.807, 2.05) is 18.2 Å². The SMILES string of the molecule is c1ccc2c(c1)cc(-c1nc(-c3ccc(-c4ccc(-c5nc6ccccc6c6c5ccc5c7ccccc7oc56)cc4)cc3)nc(-c3cc4ccccc4c4ccccc34)n1)c1ccccc12. The maximum Gasteiger partial charge on any atom is 0.164 e. The molecule has 310 valence electrons. The first-order valence-corrected chi connectivity index (χ1v) is 22.6. The number of fused-ring (bicyclic) bond motifs is 13. The summed E-state index contributed by atoms with van der Waals surface area (Å²) >= 11 is 0. The minimum atomic E-state index is 0.615. The summed E-state index contributed by atoms with van der Waals surface area (Å²) in [5, 5.41) is 14.7. The minimum absolute atomic E-state index is 0.615. The average Bonchev–Trinajstić information content (AvgIpc) is 3.79. The molecule has 0 amide bonds. The number of hydrogen-bond donors (Lipinski definition) is 0. The van der Waals surface area contributed by atoms with Crippen LogP contribution < -0.4 is 0 Å². The van der Waals surface area contributed by atoms with Crippen molar-refractivity contribution in [3.05, 3.63) is 218 Å². The van der Waals surface area contributed by atoms with Crippen LogP contribution in [0, 0.1) is 0 Å². The van der Waals surface area contributed by atoms with E-state index in [0.29, 0.717) is 17.5 Å². The molecule has 11 aromatic carbocycles. The number of aromatic nitrogens is 4. The van der Waals surface area contributed by atoms with Crippen LogP contribution in [-0.4, -0.2) is 19.9 Å². The summed E-state index contributed by atoms with van der Waals surface area (Å²) in [7, 11) is 0. The fourth-order valence-corrected chi connectivity index (χ4v) is 10.3.